The molecule has 2 heterocycles. The first kappa shape index (κ1) is 11.5. The van der Waals surface area contributed by atoms with Gasteiger partial charge in [-0.05, 0) is 24.5 Å². The summed E-state index contributed by atoms with van der Waals surface area (Å²) in [5.41, 5.74) is 5.99. The van der Waals surface area contributed by atoms with Gasteiger partial charge in [-0.3, -0.25) is 0 Å². The number of benzene rings is 1. The van der Waals surface area contributed by atoms with Crippen LogP contribution in [0, 0.1) is 11.8 Å². The second kappa shape index (κ2) is 3.86. The average Bonchev–Trinajstić information content (AvgIpc) is 2.93. The van der Waals surface area contributed by atoms with Gasteiger partial charge in [-0.25, -0.2) is 0 Å². The highest BCUT2D eigenvalue weighted by Gasteiger charge is 2.60. The summed E-state index contributed by atoms with van der Waals surface area (Å²) >= 11 is 0. The molecule has 19 heavy (non-hydrogen) atoms. The summed E-state index contributed by atoms with van der Waals surface area (Å²) < 4.78 is 11.9. The molecule has 1 aromatic carbocycles. The molecule has 1 saturated heterocycles. The number of rotatable bonds is 3. The molecular formula is C17H20O2. The lowest BCUT2D eigenvalue weighted by atomic mass is 9.58. The molecule has 0 spiro atoms. The van der Waals surface area contributed by atoms with Crippen molar-refractivity contribution >= 4 is 0 Å². The fourth-order valence-corrected chi connectivity index (χ4v) is 4.57. The van der Waals surface area contributed by atoms with Crippen molar-refractivity contribution in [3.8, 4) is 5.75 Å². The first-order chi connectivity index (χ1) is 9.31. The van der Waals surface area contributed by atoms with Crippen molar-refractivity contribution in [2.45, 2.75) is 38.9 Å². The van der Waals surface area contributed by atoms with Crippen molar-refractivity contribution in [2.75, 3.05) is 7.11 Å². The second-order valence-electron chi connectivity index (χ2n) is 5.75. The van der Waals surface area contributed by atoms with Gasteiger partial charge in [0.25, 0.3) is 0 Å². The summed E-state index contributed by atoms with van der Waals surface area (Å²) in [5.74, 6) is 2.27. The third kappa shape index (κ3) is 1.21. The smallest absolute Gasteiger partial charge is 0.125 e. The van der Waals surface area contributed by atoms with Crippen molar-refractivity contribution in [3.63, 3.8) is 0 Å². The predicted molar refractivity (Wildman–Crippen MR) is 74.1 cm³/mol. The molecule has 2 nitrogen and oxygen atoms in total. The van der Waals surface area contributed by atoms with E-state index in [4.69, 9.17) is 9.47 Å². The van der Waals surface area contributed by atoms with E-state index in [2.05, 4.69) is 32.0 Å². The third-order valence-corrected chi connectivity index (χ3v) is 5.22. The van der Waals surface area contributed by atoms with E-state index >= 15 is 0 Å². The van der Waals surface area contributed by atoms with Crippen LogP contribution in [0.15, 0.2) is 29.3 Å². The Hall–Kier alpha value is -1.28. The molecule has 0 aromatic heterocycles. The van der Waals surface area contributed by atoms with E-state index in [1.54, 1.807) is 18.3 Å². The molecule has 100 valence electrons. The largest absolute Gasteiger partial charge is 0.496 e. The first-order valence-electron chi connectivity index (χ1n) is 7.35. The van der Waals surface area contributed by atoms with Crippen LogP contribution in [0.3, 0.4) is 0 Å². The zero-order chi connectivity index (χ0) is 13.1. The zero-order valence-electron chi connectivity index (χ0n) is 11.8. The van der Waals surface area contributed by atoms with E-state index in [1.807, 2.05) is 0 Å². The molecule has 0 unspecified atom stereocenters. The highest BCUT2D eigenvalue weighted by atomic mass is 16.5. The van der Waals surface area contributed by atoms with Crippen LogP contribution in [-0.4, -0.2) is 7.11 Å². The van der Waals surface area contributed by atoms with Crippen LogP contribution >= 0.6 is 0 Å². The Morgan fingerprint density at radius 2 is 1.74 bits per heavy atom. The number of fused-ring (bicyclic) bond motifs is 8. The van der Waals surface area contributed by atoms with E-state index in [-0.39, 0.29) is 12.2 Å². The molecule has 4 atom stereocenters. The maximum absolute atomic E-state index is 6.31. The minimum absolute atomic E-state index is 0.242. The van der Waals surface area contributed by atoms with E-state index in [9.17, 15) is 0 Å². The summed E-state index contributed by atoms with van der Waals surface area (Å²) in [4.78, 5) is 0. The van der Waals surface area contributed by atoms with Gasteiger partial charge in [0, 0.05) is 17.4 Å². The predicted octanol–water partition coefficient (Wildman–Crippen LogP) is 4.18. The van der Waals surface area contributed by atoms with E-state index < -0.39 is 0 Å². The zero-order valence-corrected chi connectivity index (χ0v) is 11.8. The van der Waals surface area contributed by atoms with Crippen LogP contribution in [0.5, 0.6) is 5.75 Å². The first-order valence-corrected chi connectivity index (χ1v) is 7.35. The molecular weight excluding hydrogens is 236 g/mol. The molecule has 3 aliphatic rings. The molecule has 0 N–H and O–H groups in total. The Morgan fingerprint density at radius 3 is 2.37 bits per heavy atom. The van der Waals surface area contributed by atoms with Crippen molar-refractivity contribution in [1.29, 1.82) is 0 Å². The lowest BCUT2D eigenvalue weighted by molar-refractivity contribution is 0.0604. The number of ether oxygens (including phenoxy) is 2. The van der Waals surface area contributed by atoms with Crippen molar-refractivity contribution < 1.29 is 9.47 Å². The summed E-state index contributed by atoms with van der Waals surface area (Å²) in [5, 5.41) is 0. The fourth-order valence-electron chi connectivity index (χ4n) is 4.57. The van der Waals surface area contributed by atoms with E-state index in [0.29, 0.717) is 11.8 Å². The molecule has 2 heteroatoms. The van der Waals surface area contributed by atoms with Crippen molar-refractivity contribution in [1.82, 2.24) is 0 Å². The van der Waals surface area contributed by atoms with Gasteiger partial charge in [0.05, 0.1) is 19.3 Å². The second-order valence-corrected chi connectivity index (χ2v) is 5.75. The van der Waals surface area contributed by atoms with Crippen LogP contribution in [0.4, 0.5) is 0 Å². The van der Waals surface area contributed by atoms with Gasteiger partial charge >= 0.3 is 0 Å². The number of hydrogen-bond acceptors (Lipinski definition) is 2. The van der Waals surface area contributed by atoms with E-state index in [0.717, 1.165) is 5.75 Å². The molecule has 4 rings (SSSR count). The topological polar surface area (TPSA) is 18.5 Å². The van der Waals surface area contributed by atoms with Gasteiger partial charge in [0.2, 0.25) is 0 Å². The quantitative estimate of drug-likeness (QED) is 0.755. The fraction of sp³-hybridized carbons (Fsp3) is 0.529. The number of hydrogen-bond donors (Lipinski definition) is 0. The van der Waals surface area contributed by atoms with Gasteiger partial charge in [-0.2, -0.15) is 0 Å². The van der Waals surface area contributed by atoms with Crippen LogP contribution in [-0.2, 0) is 4.74 Å². The molecule has 0 saturated carbocycles. The van der Waals surface area contributed by atoms with Crippen LogP contribution < -0.4 is 4.74 Å². The summed E-state index contributed by atoms with van der Waals surface area (Å²) in [6.45, 7) is 4.55. The van der Waals surface area contributed by atoms with Crippen LogP contribution in [0.25, 0.3) is 0 Å². The Balaban J connectivity index is 1.83. The van der Waals surface area contributed by atoms with Crippen LogP contribution in [0.2, 0.25) is 0 Å². The minimum Gasteiger partial charge on any atom is -0.496 e. The number of methoxy groups -OCH3 is 1. The van der Waals surface area contributed by atoms with Gasteiger partial charge < -0.3 is 9.47 Å². The highest BCUT2D eigenvalue weighted by Crippen LogP contribution is 2.69. The van der Waals surface area contributed by atoms with Crippen LogP contribution in [0.1, 0.15) is 50.0 Å². The van der Waals surface area contributed by atoms with Gasteiger partial charge in [0.1, 0.15) is 5.75 Å². The van der Waals surface area contributed by atoms with Gasteiger partial charge in [-0.1, -0.05) is 37.1 Å². The van der Waals surface area contributed by atoms with E-state index in [1.165, 1.54) is 24.0 Å². The Bertz CT molecular complexity index is 573. The minimum atomic E-state index is 0.242. The van der Waals surface area contributed by atoms with Crippen molar-refractivity contribution in [2.24, 2.45) is 11.8 Å². The maximum atomic E-state index is 6.31. The average molecular weight is 256 g/mol. The SMILES string of the molecule is CCC1=C(CC)[C@H]2[C@@H]1[C@H]1O[C@@H]2c2c(OC)cccc21. The molecule has 1 aliphatic carbocycles. The Kier molecular flexibility index (Phi) is 2.34. The standard InChI is InChI=1S/C17H20O2/c1-4-9-10(5-2)15-14(9)16-11-7-6-8-12(18-3)13(11)17(15)19-16/h6-8,14-17H,4-5H2,1-3H3/t14-,15+,16+,17-/m1/s1. The maximum Gasteiger partial charge on any atom is 0.125 e. The Morgan fingerprint density at radius 1 is 1.05 bits per heavy atom. The molecule has 1 aromatic rings. The van der Waals surface area contributed by atoms with Gasteiger partial charge in [-0.15, -0.1) is 0 Å². The Labute approximate surface area is 114 Å². The summed E-state index contributed by atoms with van der Waals surface area (Å²) in [6.07, 6.45) is 2.87. The lowest BCUT2D eigenvalue weighted by Crippen LogP contribution is -2.34. The lowest BCUT2D eigenvalue weighted by Gasteiger charge is -2.43. The molecule has 2 bridgehead atoms. The summed E-state index contributed by atoms with van der Waals surface area (Å²) in [7, 11) is 1.76. The summed E-state index contributed by atoms with van der Waals surface area (Å²) in [6, 6.07) is 6.37. The third-order valence-electron chi connectivity index (χ3n) is 5.22. The normalized spacial score (nSPS) is 34.1. The van der Waals surface area contributed by atoms with Gasteiger partial charge in [0.15, 0.2) is 0 Å². The van der Waals surface area contributed by atoms with Crippen molar-refractivity contribution in [3.05, 3.63) is 40.5 Å². The molecule has 2 aliphatic heterocycles. The monoisotopic (exact) mass is 256 g/mol. The molecule has 0 radical (unpaired) electrons. The molecule has 1 fully saturated rings. The highest BCUT2D eigenvalue weighted by molar-refractivity contribution is 5.54. The molecule has 0 amide bonds.